The molecular weight excluding hydrogens is 362 g/mol. The van der Waals surface area contributed by atoms with Crippen molar-refractivity contribution in [1.29, 1.82) is 0 Å². The summed E-state index contributed by atoms with van der Waals surface area (Å²) in [5.74, 6) is 0. The van der Waals surface area contributed by atoms with E-state index in [4.69, 9.17) is 0 Å². The van der Waals surface area contributed by atoms with E-state index in [9.17, 15) is 16.8 Å². The lowest BCUT2D eigenvalue weighted by molar-refractivity contribution is 0.233. The number of rotatable bonds is 6. The molecule has 25 heavy (non-hydrogen) atoms. The van der Waals surface area contributed by atoms with Crippen LogP contribution in [0.2, 0.25) is 0 Å². The zero-order valence-electron chi connectivity index (χ0n) is 15.1. The predicted molar refractivity (Wildman–Crippen MR) is 97.4 cm³/mol. The summed E-state index contributed by atoms with van der Waals surface area (Å²) < 4.78 is 54.1. The van der Waals surface area contributed by atoms with Crippen LogP contribution < -0.4 is 5.32 Å². The number of hydrogen-bond donors (Lipinski definition) is 1. The van der Waals surface area contributed by atoms with E-state index >= 15 is 0 Å². The van der Waals surface area contributed by atoms with E-state index in [0.29, 0.717) is 26.2 Å². The average molecular weight is 390 g/mol. The van der Waals surface area contributed by atoms with Crippen LogP contribution in [-0.4, -0.2) is 63.7 Å². The third-order valence-corrected chi connectivity index (χ3v) is 8.76. The topological polar surface area (TPSA) is 86.8 Å². The second-order valence-electron chi connectivity index (χ2n) is 6.16. The predicted octanol–water partition coefficient (Wildman–Crippen LogP) is 1.09. The molecule has 1 aromatic rings. The van der Waals surface area contributed by atoms with Crippen LogP contribution in [-0.2, 0) is 20.0 Å². The second kappa shape index (κ2) is 7.71. The molecule has 1 aliphatic rings. The summed E-state index contributed by atoms with van der Waals surface area (Å²) in [5, 5.41) is 3.24. The van der Waals surface area contributed by atoms with E-state index in [1.165, 1.54) is 32.9 Å². The van der Waals surface area contributed by atoms with Gasteiger partial charge in [-0.1, -0.05) is 19.9 Å². The third-order valence-electron chi connectivity index (χ3n) is 4.73. The standard InChI is InChI=1S/C16H27N3O4S2/c1-5-18(6-2)24(20,21)15-8-7-9-16(12-15)25(22,23)19-11-10-17-13(3)14(19)4/h7-9,12-14,17H,5-6,10-11H2,1-4H3. The first-order valence-corrected chi connectivity index (χ1v) is 11.4. The minimum absolute atomic E-state index is 0.00751. The Hall–Kier alpha value is -1.00. The molecule has 1 aliphatic heterocycles. The van der Waals surface area contributed by atoms with Crippen LogP contribution in [0.25, 0.3) is 0 Å². The van der Waals surface area contributed by atoms with Gasteiger partial charge in [-0.25, -0.2) is 16.8 Å². The molecule has 1 N–H and O–H groups in total. The number of nitrogens with zero attached hydrogens (tertiary/aromatic N) is 2. The summed E-state index contributed by atoms with van der Waals surface area (Å²) >= 11 is 0. The maximum Gasteiger partial charge on any atom is 0.243 e. The highest BCUT2D eigenvalue weighted by molar-refractivity contribution is 7.90. The van der Waals surface area contributed by atoms with Crippen molar-refractivity contribution in [1.82, 2.24) is 13.9 Å². The van der Waals surface area contributed by atoms with Gasteiger partial charge in [0.05, 0.1) is 9.79 Å². The molecule has 1 saturated heterocycles. The molecule has 0 amide bonds. The fourth-order valence-corrected chi connectivity index (χ4v) is 6.34. The van der Waals surface area contributed by atoms with E-state index < -0.39 is 20.0 Å². The number of hydrogen-bond acceptors (Lipinski definition) is 5. The largest absolute Gasteiger partial charge is 0.311 e. The maximum atomic E-state index is 13.0. The summed E-state index contributed by atoms with van der Waals surface area (Å²) in [7, 11) is -7.46. The van der Waals surface area contributed by atoms with Gasteiger partial charge in [-0.15, -0.1) is 0 Å². The normalized spacial score (nSPS) is 23.1. The number of benzene rings is 1. The zero-order chi connectivity index (χ0) is 18.8. The van der Waals surface area contributed by atoms with Crippen molar-refractivity contribution in [3.05, 3.63) is 24.3 Å². The van der Waals surface area contributed by atoms with Crippen molar-refractivity contribution in [2.75, 3.05) is 26.2 Å². The first-order chi connectivity index (χ1) is 11.7. The van der Waals surface area contributed by atoms with Gasteiger partial charge >= 0.3 is 0 Å². The lowest BCUT2D eigenvalue weighted by atomic mass is 10.1. The molecule has 2 atom stereocenters. The van der Waals surface area contributed by atoms with Crippen molar-refractivity contribution in [3.63, 3.8) is 0 Å². The second-order valence-corrected chi connectivity index (χ2v) is 9.99. The van der Waals surface area contributed by atoms with Gasteiger partial charge in [0.15, 0.2) is 0 Å². The van der Waals surface area contributed by atoms with Gasteiger partial charge in [-0.05, 0) is 32.0 Å². The summed E-state index contributed by atoms with van der Waals surface area (Å²) in [6.45, 7) is 8.91. The van der Waals surface area contributed by atoms with Crippen LogP contribution in [0.1, 0.15) is 27.7 Å². The molecule has 2 unspecified atom stereocenters. The molecule has 7 nitrogen and oxygen atoms in total. The quantitative estimate of drug-likeness (QED) is 0.787. The Kier molecular flexibility index (Phi) is 6.26. The SMILES string of the molecule is CCN(CC)S(=O)(=O)c1cccc(S(=O)(=O)N2CCNC(C)C2C)c1. The fraction of sp³-hybridized carbons (Fsp3) is 0.625. The van der Waals surface area contributed by atoms with Gasteiger partial charge in [-0.2, -0.15) is 8.61 Å². The molecule has 1 fully saturated rings. The Morgan fingerprint density at radius 3 is 2.32 bits per heavy atom. The minimum Gasteiger partial charge on any atom is -0.311 e. The summed E-state index contributed by atoms with van der Waals surface area (Å²) in [6, 6.07) is 5.47. The first kappa shape index (κ1) is 20.3. The molecular formula is C16H27N3O4S2. The number of sulfonamides is 2. The highest BCUT2D eigenvalue weighted by Crippen LogP contribution is 2.25. The van der Waals surface area contributed by atoms with Crippen molar-refractivity contribution in [3.8, 4) is 0 Å². The molecule has 0 saturated carbocycles. The molecule has 9 heteroatoms. The van der Waals surface area contributed by atoms with Crippen molar-refractivity contribution >= 4 is 20.0 Å². The lowest BCUT2D eigenvalue weighted by Crippen LogP contribution is -2.57. The highest BCUT2D eigenvalue weighted by Gasteiger charge is 2.35. The maximum absolute atomic E-state index is 13.0. The fourth-order valence-electron chi connectivity index (χ4n) is 3.01. The number of piperazine rings is 1. The van der Waals surface area contributed by atoms with Crippen LogP contribution in [0.15, 0.2) is 34.1 Å². The summed E-state index contributed by atoms with van der Waals surface area (Å²) in [6.07, 6.45) is 0. The Bertz CT molecular complexity index is 804. The van der Waals surface area contributed by atoms with Gasteiger partial charge in [0, 0.05) is 38.3 Å². The molecule has 0 bridgehead atoms. The molecule has 0 spiro atoms. The van der Waals surface area contributed by atoms with Gasteiger partial charge in [0.1, 0.15) is 0 Å². The smallest absolute Gasteiger partial charge is 0.243 e. The Balaban J connectivity index is 2.44. The van der Waals surface area contributed by atoms with Crippen LogP contribution >= 0.6 is 0 Å². The van der Waals surface area contributed by atoms with Gasteiger partial charge in [0.25, 0.3) is 0 Å². The van der Waals surface area contributed by atoms with Crippen molar-refractivity contribution < 1.29 is 16.8 Å². The van der Waals surface area contributed by atoms with Crippen LogP contribution in [0.4, 0.5) is 0 Å². The van der Waals surface area contributed by atoms with Crippen molar-refractivity contribution in [2.45, 2.75) is 49.6 Å². The Labute approximate surface area is 151 Å². The molecule has 2 rings (SSSR count). The highest BCUT2D eigenvalue weighted by atomic mass is 32.2. The zero-order valence-corrected chi connectivity index (χ0v) is 16.8. The summed E-state index contributed by atoms with van der Waals surface area (Å²) in [5.41, 5.74) is 0. The molecule has 1 aromatic carbocycles. The molecule has 0 aromatic heterocycles. The minimum atomic E-state index is -3.76. The van der Waals surface area contributed by atoms with E-state index in [1.54, 1.807) is 13.8 Å². The van der Waals surface area contributed by atoms with E-state index in [2.05, 4.69) is 5.32 Å². The summed E-state index contributed by atoms with van der Waals surface area (Å²) in [4.78, 5) is 0.0230. The van der Waals surface area contributed by atoms with E-state index in [1.807, 2.05) is 13.8 Å². The molecule has 0 aliphatic carbocycles. The van der Waals surface area contributed by atoms with Crippen LogP contribution in [0, 0.1) is 0 Å². The Morgan fingerprint density at radius 2 is 1.72 bits per heavy atom. The average Bonchev–Trinajstić information content (AvgIpc) is 2.58. The van der Waals surface area contributed by atoms with E-state index in [-0.39, 0.29) is 21.9 Å². The monoisotopic (exact) mass is 389 g/mol. The first-order valence-electron chi connectivity index (χ1n) is 8.51. The molecule has 142 valence electrons. The van der Waals surface area contributed by atoms with Gasteiger partial charge in [-0.3, -0.25) is 0 Å². The van der Waals surface area contributed by atoms with Crippen LogP contribution in [0.3, 0.4) is 0 Å². The number of nitrogens with one attached hydrogen (secondary N) is 1. The Morgan fingerprint density at radius 1 is 1.12 bits per heavy atom. The van der Waals surface area contributed by atoms with E-state index in [0.717, 1.165) is 0 Å². The lowest BCUT2D eigenvalue weighted by Gasteiger charge is -2.37. The van der Waals surface area contributed by atoms with Gasteiger partial charge < -0.3 is 5.32 Å². The van der Waals surface area contributed by atoms with Crippen molar-refractivity contribution in [2.24, 2.45) is 0 Å². The third kappa shape index (κ3) is 3.90. The van der Waals surface area contributed by atoms with Crippen LogP contribution in [0.5, 0.6) is 0 Å². The molecule has 1 heterocycles. The molecule has 0 radical (unpaired) electrons. The van der Waals surface area contributed by atoms with Gasteiger partial charge in [0.2, 0.25) is 20.0 Å².